The number of hydrogen-bond donors (Lipinski definition) is 2. The first-order valence-electron chi connectivity index (χ1n) is 8.13. The summed E-state index contributed by atoms with van der Waals surface area (Å²) in [7, 11) is 1.75. The maximum atomic E-state index is 6.20. The Kier molecular flexibility index (Phi) is 4.99. The molecule has 4 heteroatoms. The Bertz CT molecular complexity index is 452. The van der Waals surface area contributed by atoms with Crippen LogP contribution in [0.15, 0.2) is 18.2 Å². The second-order valence-corrected chi connectivity index (χ2v) is 6.01. The summed E-state index contributed by atoms with van der Waals surface area (Å²) < 4.78 is 11.9. The van der Waals surface area contributed by atoms with Gasteiger partial charge in [-0.05, 0) is 44.8 Å². The van der Waals surface area contributed by atoms with Crippen molar-refractivity contribution in [2.45, 2.75) is 37.7 Å². The highest BCUT2D eigenvalue weighted by atomic mass is 16.5. The number of rotatable bonds is 4. The Morgan fingerprint density at radius 2 is 1.86 bits per heavy atom. The van der Waals surface area contributed by atoms with Crippen LogP contribution in [0, 0.1) is 0 Å². The standard InChI is InChI=1S/C17H26N2O2/c1-20-17-15(13-5-3-9-18-11-13)7-2-8-16(17)21-14-6-4-10-19-12-14/h2,7-8,13-14,18-19H,3-6,9-12H2,1H3. The Morgan fingerprint density at radius 3 is 2.52 bits per heavy atom. The van der Waals surface area contributed by atoms with Gasteiger partial charge in [0.2, 0.25) is 0 Å². The molecule has 4 nitrogen and oxygen atoms in total. The van der Waals surface area contributed by atoms with Crippen LogP contribution in [0.5, 0.6) is 11.5 Å². The van der Waals surface area contributed by atoms with E-state index in [0.29, 0.717) is 5.92 Å². The third-order valence-electron chi connectivity index (χ3n) is 4.50. The monoisotopic (exact) mass is 290 g/mol. The summed E-state index contributed by atoms with van der Waals surface area (Å²) in [4.78, 5) is 0. The number of hydrogen-bond acceptors (Lipinski definition) is 4. The molecule has 2 aliphatic rings. The van der Waals surface area contributed by atoms with Crippen molar-refractivity contribution in [1.29, 1.82) is 0 Å². The third kappa shape index (κ3) is 3.50. The molecule has 2 N–H and O–H groups in total. The highest BCUT2D eigenvalue weighted by Gasteiger charge is 2.23. The summed E-state index contributed by atoms with van der Waals surface area (Å²) in [6, 6.07) is 6.31. The number of nitrogens with one attached hydrogen (secondary N) is 2. The predicted molar refractivity (Wildman–Crippen MR) is 84.4 cm³/mol. The van der Waals surface area contributed by atoms with Crippen LogP contribution in [-0.2, 0) is 0 Å². The fourth-order valence-corrected chi connectivity index (χ4v) is 3.38. The quantitative estimate of drug-likeness (QED) is 0.893. The highest BCUT2D eigenvalue weighted by Crippen LogP contribution is 2.38. The van der Waals surface area contributed by atoms with E-state index in [-0.39, 0.29) is 6.10 Å². The minimum Gasteiger partial charge on any atom is -0.493 e. The fourth-order valence-electron chi connectivity index (χ4n) is 3.38. The first-order valence-corrected chi connectivity index (χ1v) is 8.13. The van der Waals surface area contributed by atoms with Gasteiger partial charge in [0.05, 0.1) is 7.11 Å². The number of ether oxygens (including phenoxy) is 2. The molecule has 2 atom stereocenters. The molecule has 0 bridgehead atoms. The van der Waals surface area contributed by atoms with Crippen molar-refractivity contribution in [3.05, 3.63) is 23.8 Å². The zero-order chi connectivity index (χ0) is 14.5. The molecular weight excluding hydrogens is 264 g/mol. The SMILES string of the molecule is COc1c(OC2CCCNC2)cccc1C1CCCNC1. The second kappa shape index (κ2) is 7.14. The van der Waals surface area contributed by atoms with Crippen LogP contribution in [0.1, 0.15) is 37.2 Å². The van der Waals surface area contributed by atoms with Crippen LogP contribution in [0.4, 0.5) is 0 Å². The van der Waals surface area contributed by atoms with E-state index < -0.39 is 0 Å². The normalized spacial score (nSPS) is 26.3. The van der Waals surface area contributed by atoms with E-state index in [2.05, 4.69) is 22.8 Å². The Balaban J connectivity index is 1.79. The number of para-hydroxylation sites is 1. The van der Waals surface area contributed by atoms with Crippen LogP contribution in [-0.4, -0.2) is 39.4 Å². The zero-order valence-corrected chi connectivity index (χ0v) is 12.9. The Labute approximate surface area is 127 Å². The molecular formula is C17H26N2O2. The largest absolute Gasteiger partial charge is 0.493 e. The maximum absolute atomic E-state index is 6.20. The molecule has 0 amide bonds. The fraction of sp³-hybridized carbons (Fsp3) is 0.647. The molecule has 2 heterocycles. The molecule has 1 aromatic carbocycles. The molecule has 2 unspecified atom stereocenters. The van der Waals surface area contributed by atoms with E-state index in [4.69, 9.17) is 9.47 Å². The molecule has 3 rings (SSSR count). The van der Waals surface area contributed by atoms with Crippen LogP contribution in [0.25, 0.3) is 0 Å². The van der Waals surface area contributed by atoms with Gasteiger partial charge in [0.25, 0.3) is 0 Å². The zero-order valence-electron chi connectivity index (χ0n) is 12.9. The summed E-state index contributed by atoms with van der Waals surface area (Å²) in [5, 5.41) is 6.87. The van der Waals surface area contributed by atoms with Crippen molar-refractivity contribution in [2.75, 3.05) is 33.3 Å². The third-order valence-corrected chi connectivity index (χ3v) is 4.50. The minimum atomic E-state index is 0.257. The molecule has 2 aliphatic heterocycles. The van der Waals surface area contributed by atoms with E-state index in [1.165, 1.54) is 24.8 Å². The first-order chi connectivity index (χ1) is 10.4. The van der Waals surface area contributed by atoms with Crippen LogP contribution < -0.4 is 20.1 Å². The summed E-state index contributed by atoms with van der Waals surface area (Å²) in [6.07, 6.45) is 5.00. The van der Waals surface area contributed by atoms with Crippen LogP contribution in [0.3, 0.4) is 0 Å². The van der Waals surface area contributed by atoms with Gasteiger partial charge in [0.15, 0.2) is 11.5 Å². The van der Waals surface area contributed by atoms with Gasteiger partial charge < -0.3 is 20.1 Å². The molecule has 116 valence electrons. The van der Waals surface area contributed by atoms with Crippen molar-refractivity contribution >= 4 is 0 Å². The lowest BCUT2D eigenvalue weighted by molar-refractivity contribution is 0.160. The molecule has 0 radical (unpaired) electrons. The molecule has 0 spiro atoms. The van der Waals surface area contributed by atoms with E-state index in [9.17, 15) is 0 Å². The summed E-state index contributed by atoms with van der Waals surface area (Å²) >= 11 is 0. The number of methoxy groups -OCH3 is 1. The average molecular weight is 290 g/mol. The Hall–Kier alpha value is -1.26. The lowest BCUT2D eigenvalue weighted by Gasteiger charge is -2.28. The average Bonchev–Trinajstić information content (AvgIpc) is 2.56. The summed E-state index contributed by atoms with van der Waals surface area (Å²) in [5.74, 6) is 2.35. The smallest absolute Gasteiger partial charge is 0.164 e. The molecule has 2 saturated heterocycles. The van der Waals surface area contributed by atoms with Crippen LogP contribution >= 0.6 is 0 Å². The van der Waals surface area contributed by atoms with Gasteiger partial charge in [-0.25, -0.2) is 0 Å². The molecule has 1 aromatic rings. The minimum absolute atomic E-state index is 0.257. The van der Waals surface area contributed by atoms with Gasteiger partial charge in [-0.2, -0.15) is 0 Å². The molecule has 0 aromatic heterocycles. The van der Waals surface area contributed by atoms with Gasteiger partial charge >= 0.3 is 0 Å². The number of benzene rings is 1. The second-order valence-electron chi connectivity index (χ2n) is 6.01. The van der Waals surface area contributed by atoms with Crippen LogP contribution in [0.2, 0.25) is 0 Å². The molecule has 0 saturated carbocycles. The number of piperidine rings is 2. The van der Waals surface area contributed by atoms with Gasteiger partial charge in [0.1, 0.15) is 6.10 Å². The Morgan fingerprint density at radius 1 is 1.05 bits per heavy atom. The van der Waals surface area contributed by atoms with Gasteiger partial charge in [0, 0.05) is 24.6 Å². The lowest BCUT2D eigenvalue weighted by Crippen LogP contribution is -2.37. The summed E-state index contributed by atoms with van der Waals surface area (Å²) in [6.45, 7) is 4.19. The predicted octanol–water partition coefficient (Wildman–Crippen LogP) is 2.29. The lowest BCUT2D eigenvalue weighted by atomic mass is 9.91. The highest BCUT2D eigenvalue weighted by molar-refractivity contribution is 5.48. The summed E-state index contributed by atoms with van der Waals surface area (Å²) in [5.41, 5.74) is 1.28. The first kappa shape index (κ1) is 14.7. The maximum Gasteiger partial charge on any atom is 0.164 e. The van der Waals surface area contributed by atoms with E-state index in [1.807, 2.05) is 6.07 Å². The van der Waals surface area contributed by atoms with Gasteiger partial charge in [-0.15, -0.1) is 0 Å². The van der Waals surface area contributed by atoms with Crippen molar-refractivity contribution in [2.24, 2.45) is 0 Å². The van der Waals surface area contributed by atoms with Crippen molar-refractivity contribution in [3.63, 3.8) is 0 Å². The van der Waals surface area contributed by atoms with E-state index in [0.717, 1.165) is 44.1 Å². The topological polar surface area (TPSA) is 42.5 Å². The van der Waals surface area contributed by atoms with Crippen molar-refractivity contribution < 1.29 is 9.47 Å². The molecule has 21 heavy (non-hydrogen) atoms. The molecule has 0 aliphatic carbocycles. The molecule has 2 fully saturated rings. The van der Waals surface area contributed by atoms with Gasteiger partial charge in [-0.1, -0.05) is 12.1 Å². The van der Waals surface area contributed by atoms with Crippen molar-refractivity contribution in [1.82, 2.24) is 10.6 Å². The van der Waals surface area contributed by atoms with E-state index >= 15 is 0 Å². The van der Waals surface area contributed by atoms with E-state index in [1.54, 1.807) is 7.11 Å². The van der Waals surface area contributed by atoms with Crippen molar-refractivity contribution in [3.8, 4) is 11.5 Å². The van der Waals surface area contributed by atoms with Gasteiger partial charge in [-0.3, -0.25) is 0 Å².